The number of nitrogens with one attached hydrogen (secondary N) is 2. The van der Waals surface area contributed by atoms with E-state index in [1.54, 1.807) is 35.5 Å². The lowest BCUT2D eigenvalue weighted by Crippen LogP contribution is -2.41. The molecular formula is C22H31N5O4S. The van der Waals surface area contributed by atoms with Crippen molar-refractivity contribution in [2.75, 3.05) is 25.0 Å². The highest BCUT2D eigenvalue weighted by Gasteiger charge is 2.35. The number of hydrogen-bond donors (Lipinski definition) is 2. The molecule has 2 heterocycles. The molecule has 0 radical (unpaired) electrons. The standard InChI is InChI=1S/C21H27N5O4S.CH4/c1-3-26(16(2)27)19-10-12-25(15-19)31(29,30)20-8-6-18(7-9-20)24-21(28)23-14-17-5-4-11-22-13-17;/h4-9,11,13,19H,3,10,12,14-15H2,1-2H3,(H2,23,24,28);1H4/t19-;/m0./s1. The number of sulfonamides is 1. The third kappa shape index (κ3) is 6.04. The van der Waals surface area contributed by atoms with Gasteiger partial charge >= 0.3 is 6.03 Å². The molecular weight excluding hydrogens is 430 g/mol. The van der Waals surface area contributed by atoms with Crippen LogP contribution >= 0.6 is 0 Å². The number of carbonyl (C=O) groups excluding carboxylic acids is 2. The molecule has 2 aromatic rings. The summed E-state index contributed by atoms with van der Waals surface area (Å²) in [7, 11) is -3.67. The molecule has 3 rings (SSSR count). The Kier molecular flexibility index (Phi) is 8.73. The third-order valence-electron chi connectivity index (χ3n) is 5.24. The summed E-state index contributed by atoms with van der Waals surface area (Å²) in [4.78, 5) is 29.7. The van der Waals surface area contributed by atoms with Crippen LogP contribution < -0.4 is 10.6 Å². The van der Waals surface area contributed by atoms with E-state index in [2.05, 4.69) is 15.6 Å². The number of carbonyl (C=O) groups is 2. The van der Waals surface area contributed by atoms with Crippen molar-refractivity contribution in [1.82, 2.24) is 19.5 Å². The maximum Gasteiger partial charge on any atom is 0.319 e. The first kappa shape index (κ1) is 25.3. The highest BCUT2D eigenvalue weighted by molar-refractivity contribution is 7.89. The molecule has 0 unspecified atom stereocenters. The van der Waals surface area contributed by atoms with Gasteiger partial charge in [0.15, 0.2) is 0 Å². The molecule has 1 saturated heterocycles. The Bertz CT molecular complexity index is 1010. The summed E-state index contributed by atoms with van der Waals surface area (Å²) in [5.74, 6) is -0.0519. The lowest BCUT2D eigenvalue weighted by Gasteiger charge is -2.26. The molecule has 2 N–H and O–H groups in total. The van der Waals surface area contributed by atoms with Crippen LogP contribution in [0.3, 0.4) is 0 Å². The molecule has 9 nitrogen and oxygen atoms in total. The molecule has 1 aromatic carbocycles. The normalized spacial score (nSPS) is 16.1. The van der Waals surface area contributed by atoms with E-state index < -0.39 is 16.1 Å². The minimum Gasteiger partial charge on any atom is -0.339 e. The van der Waals surface area contributed by atoms with Gasteiger partial charge in [-0.25, -0.2) is 13.2 Å². The van der Waals surface area contributed by atoms with Gasteiger partial charge in [-0.1, -0.05) is 13.5 Å². The quantitative estimate of drug-likeness (QED) is 0.658. The second kappa shape index (κ2) is 11.1. The average Bonchev–Trinajstić information content (AvgIpc) is 3.24. The van der Waals surface area contributed by atoms with Crippen molar-refractivity contribution in [1.29, 1.82) is 0 Å². The number of nitrogens with zero attached hydrogens (tertiary/aromatic N) is 3. The van der Waals surface area contributed by atoms with E-state index in [0.717, 1.165) is 5.56 Å². The summed E-state index contributed by atoms with van der Waals surface area (Å²) in [5, 5.41) is 5.40. The lowest BCUT2D eigenvalue weighted by molar-refractivity contribution is -0.130. The van der Waals surface area contributed by atoms with Gasteiger partial charge in [-0.2, -0.15) is 4.31 Å². The van der Waals surface area contributed by atoms with Crippen molar-refractivity contribution in [2.45, 2.75) is 45.2 Å². The number of urea groups is 1. The van der Waals surface area contributed by atoms with Crippen LogP contribution in [0.4, 0.5) is 10.5 Å². The lowest BCUT2D eigenvalue weighted by atomic mass is 10.2. The number of likely N-dealkylation sites (N-methyl/N-ethyl adjacent to an activating group) is 1. The molecule has 174 valence electrons. The molecule has 1 aromatic heterocycles. The fourth-order valence-electron chi connectivity index (χ4n) is 3.64. The number of amides is 3. The predicted molar refractivity (Wildman–Crippen MR) is 123 cm³/mol. The van der Waals surface area contributed by atoms with Gasteiger partial charge in [-0.15, -0.1) is 0 Å². The van der Waals surface area contributed by atoms with Gasteiger partial charge in [0.05, 0.1) is 4.90 Å². The topological polar surface area (TPSA) is 112 Å². The fraction of sp³-hybridized carbons (Fsp3) is 0.409. The van der Waals surface area contributed by atoms with Crippen molar-refractivity contribution in [3.05, 3.63) is 54.4 Å². The zero-order valence-corrected chi connectivity index (χ0v) is 18.4. The first-order chi connectivity index (χ1) is 14.8. The van der Waals surface area contributed by atoms with E-state index in [9.17, 15) is 18.0 Å². The Morgan fingerprint density at radius 1 is 1.22 bits per heavy atom. The van der Waals surface area contributed by atoms with Crippen LogP contribution in [0.25, 0.3) is 0 Å². The van der Waals surface area contributed by atoms with Crippen LogP contribution in [0.1, 0.15) is 33.3 Å². The zero-order chi connectivity index (χ0) is 22.4. The molecule has 0 aliphatic carbocycles. The Hall–Kier alpha value is -2.98. The molecule has 0 saturated carbocycles. The summed E-state index contributed by atoms with van der Waals surface area (Å²) < 4.78 is 27.4. The number of pyridine rings is 1. The minimum atomic E-state index is -3.67. The van der Waals surface area contributed by atoms with Crippen LogP contribution in [0.2, 0.25) is 0 Å². The van der Waals surface area contributed by atoms with Gasteiger partial charge in [-0.3, -0.25) is 9.78 Å². The maximum atomic E-state index is 13.0. The molecule has 0 bridgehead atoms. The first-order valence-corrected chi connectivity index (χ1v) is 11.6. The highest BCUT2D eigenvalue weighted by Crippen LogP contribution is 2.24. The molecule has 0 spiro atoms. The Morgan fingerprint density at radius 2 is 1.94 bits per heavy atom. The van der Waals surface area contributed by atoms with E-state index in [1.807, 2.05) is 13.0 Å². The highest BCUT2D eigenvalue weighted by atomic mass is 32.2. The summed E-state index contributed by atoms with van der Waals surface area (Å²) in [5.41, 5.74) is 1.35. The second-order valence-corrected chi connectivity index (χ2v) is 9.24. The van der Waals surface area contributed by atoms with Crippen LogP contribution in [0.5, 0.6) is 0 Å². The van der Waals surface area contributed by atoms with E-state index >= 15 is 0 Å². The van der Waals surface area contributed by atoms with Gasteiger partial charge in [0.25, 0.3) is 0 Å². The minimum absolute atomic E-state index is 0. The van der Waals surface area contributed by atoms with Crippen molar-refractivity contribution in [3.8, 4) is 0 Å². The molecule has 1 atom stereocenters. The number of anilines is 1. The SMILES string of the molecule is C.CCN(C(C)=O)[C@H]1CCN(S(=O)(=O)c2ccc(NC(=O)NCc3cccnc3)cc2)C1. The van der Waals surface area contributed by atoms with E-state index in [1.165, 1.54) is 23.4 Å². The van der Waals surface area contributed by atoms with Crippen LogP contribution in [0, 0.1) is 0 Å². The maximum absolute atomic E-state index is 13.0. The number of rotatable bonds is 7. The third-order valence-corrected chi connectivity index (χ3v) is 7.12. The van der Waals surface area contributed by atoms with E-state index in [0.29, 0.717) is 31.7 Å². The molecule has 1 fully saturated rings. The van der Waals surface area contributed by atoms with Gasteiger partial charge in [0.1, 0.15) is 0 Å². The molecule has 1 aliphatic heterocycles. The van der Waals surface area contributed by atoms with Crippen LogP contribution in [-0.2, 0) is 21.4 Å². The zero-order valence-electron chi connectivity index (χ0n) is 17.6. The summed E-state index contributed by atoms with van der Waals surface area (Å²) in [6.45, 7) is 4.92. The Balaban J connectivity index is 0.00000363. The van der Waals surface area contributed by atoms with Crippen molar-refractivity contribution < 1.29 is 18.0 Å². The Morgan fingerprint density at radius 3 is 2.53 bits per heavy atom. The Labute approximate surface area is 189 Å². The van der Waals surface area contributed by atoms with Gasteiger partial charge in [-0.05, 0) is 49.2 Å². The monoisotopic (exact) mass is 461 g/mol. The predicted octanol–water partition coefficient (Wildman–Crippen LogP) is 2.67. The molecule has 1 aliphatic rings. The van der Waals surface area contributed by atoms with Crippen LogP contribution in [0.15, 0.2) is 53.7 Å². The van der Waals surface area contributed by atoms with E-state index in [-0.39, 0.29) is 30.8 Å². The van der Waals surface area contributed by atoms with E-state index in [4.69, 9.17) is 0 Å². The molecule has 10 heteroatoms. The van der Waals surface area contributed by atoms with Crippen LogP contribution in [-0.4, -0.2) is 60.2 Å². The summed E-state index contributed by atoms with van der Waals surface area (Å²) >= 11 is 0. The van der Waals surface area contributed by atoms with Crippen molar-refractivity contribution in [2.24, 2.45) is 0 Å². The van der Waals surface area contributed by atoms with Crippen molar-refractivity contribution in [3.63, 3.8) is 0 Å². The van der Waals surface area contributed by atoms with Gasteiger partial charge < -0.3 is 15.5 Å². The number of hydrogen-bond acceptors (Lipinski definition) is 5. The van der Waals surface area contributed by atoms with Gasteiger partial charge in [0, 0.05) is 57.2 Å². The largest absolute Gasteiger partial charge is 0.339 e. The summed E-state index contributed by atoms with van der Waals surface area (Å²) in [6.07, 6.45) is 3.94. The van der Waals surface area contributed by atoms with Gasteiger partial charge in [0.2, 0.25) is 15.9 Å². The average molecular weight is 462 g/mol. The summed E-state index contributed by atoms with van der Waals surface area (Å²) in [6, 6.07) is 9.19. The molecule has 3 amide bonds. The fourth-order valence-corrected chi connectivity index (χ4v) is 5.13. The second-order valence-electron chi connectivity index (χ2n) is 7.30. The molecule has 32 heavy (non-hydrogen) atoms. The number of benzene rings is 1. The number of aromatic nitrogens is 1. The van der Waals surface area contributed by atoms with Crippen molar-refractivity contribution >= 4 is 27.6 Å². The first-order valence-electron chi connectivity index (χ1n) is 10.1. The smallest absolute Gasteiger partial charge is 0.319 e.